The molecule has 15 heavy (non-hydrogen) atoms. The molecule has 0 bridgehead atoms. The fraction of sp³-hybridized carbons (Fsp3) is 0.500. The molecule has 3 heteroatoms. The summed E-state index contributed by atoms with van der Waals surface area (Å²) in [7, 11) is 0. The topological polar surface area (TPSA) is 57.5 Å². The van der Waals surface area contributed by atoms with E-state index in [1.165, 1.54) is 0 Å². The van der Waals surface area contributed by atoms with E-state index >= 15 is 0 Å². The molecule has 0 aromatic heterocycles. The van der Waals surface area contributed by atoms with Crippen LogP contribution in [0.2, 0.25) is 0 Å². The van der Waals surface area contributed by atoms with Crippen molar-refractivity contribution in [3.8, 4) is 0 Å². The zero-order valence-corrected chi connectivity index (χ0v) is 9.49. The summed E-state index contributed by atoms with van der Waals surface area (Å²) in [6, 6.07) is 0. The van der Waals surface area contributed by atoms with Crippen molar-refractivity contribution in [1.29, 1.82) is 0 Å². The number of rotatable bonds is 5. The first kappa shape index (κ1) is 16.1. The van der Waals surface area contributed by atoms with Gasteiger partial charge < -0.3 is 10.2 Å². The second kappa shape index (κ2) is 10.8. The van der Waals surface area contributed by atoms with Crippen molar-refractivity contribution in [2.45, 2.75) is 39.2 Å². The zero-order chi connectivity index (χ0) is 12.3. The highest BCUT2D eigenvalue weighted by Crippen LogP contribution is 2.10. The molecule has 0 rings (SSSR count). The second-order valence-electron chi connectivity index (χ2n) is 3.06. The quantitative estimate of drug-likeness (QED) is 0.544. The monoisotopic (exact) mass is 212 g/mol. The molecule has 2 N–H and O–H groups in total. The van der Waals surface area contributed by atoms with Gasteiger partial charge in [0, 0.05) is 13.3 Å². The fourth-order valence-corrected chi connectivity index (χ4v) is 0.831. The van der Waals surface area contributed by atoms with Gasteiger partial charge in [0.15, 0.2) is 0 Å². The van der Waals surface area contributed by atoms with Crippen LogP contribution in [-0.4, -0.2) is 22.3 Å². The minimum atomic E-state index is -0.833. The Morgan fingerprint density at radius 2 is 2.07 bits per heavy atom. The minimum absolute atomic E-state index is 0.251. The van der Waals surface area contributed by atoms with E-state index in [-0.39, 0.29) is 6.10 Å². The van der Waals surface area contributed by atoms with Gasteiger partial charge in [0.05, 0.1) is 6.10 Å². The van der Waals surface area contributed by atoms with Crippen LogP contribution in [0.5, 0.6) is 0 Å². The lowest BCUT2D eigenvalue weighted by atomic mass is 10.0. The van der Waals surface area contributed by atoms with Crippen molar-refractivity contribution in [3.05, 3.63) is 30.5 Å². The van der Waals surface area contributed by atoms with Crippen molar-refractivity contribution < 1.29 is 15.0 Å². The third-order valence-electron chi connectivity index (χ3n) is 1.59. The first-order chi connectivity index (χ1) is 6.97. The van der Waals surface area contributed by atoms with E-state index in [0.29, 0.717) is 6.42 Å². The van der Waals surface area contributed by atoms with E-state index < -0.39 is 5.97 Å². The van der Waals surface area contributed by atoms with E-state index in [1.807, 2.05) is 6.92 Å². The van der Waals surface area contributed by atoms with Gasteiger partial charge in [-0.05, 0) is 18.4 Å². The molecule has 0 spiro atoms. The number of carboxylic acid groups (broad SMARTS) is 1. The Kier molecular flexibility index (Phi) is 11.6. The van der Waals surface area contributed by atoms with Gasteiger partial charge in [0.1, 0.15) is 0 Å². The standard InChI is InChI=1S/C10H16O.C2H4O2/c1-4-7-9(5-2)8-10(11)6-3;1-2(3)4/h4,10-11H,1-2,6-8H2,3H3;1H3,(H,3,4)/t10-;/m1./s1. The zero-order valence-electron chi connectivity index (χ0n) is 9.49. The molecule has 86 valence electrons. The Morgan fingerprint density at radius 3 is 2.33 bits per heavy atom. The van der Waals surface area contributed by atoms with Crippen LogP contribution in [-0.2, 0) is 4.79 Å². The number of aliphatic hydroxyl groups excluding tert-OH is 1. The van der Waals surface area contributed by atoms with Crippen LogP contribution in [0, 0.1) is 0 Å². The van der Waals surface area contributed by atoms with E-state index in [0.717, 1.165) is 25.3 Å². The molecule has 0 aromatic carbocycles. The third kappa shape index (κ3) is 15.4. The van der Waals surface area contributed by atoms with Crippen molar-refractivity contribution in [2.24, 2.45) is 0 Å². The number of hydrogen-bond donors (Lipinski definition) is 2. The number of hydrogen-bond acceptors (Lipinski definition) is 2. The normalized spacial score (nSPS) is 10.3. The number of aliphatic carboxylic acids is 1. The van der Waals surface area contributed by atoms with Crippen molar-refractivity contribution in [1.82, 2.24) is 0 Å². The predicted octanol–water partition coefficient (Wildman–Crippen LogP) is 2.53. The maximum atomic E-state index is 9.26. The molecule has 0 heterocycles. The predicted molar refractivity (Wildman–Crippen MR) is 61.7 cm³/mol. The van der Waals surface area contributed by atoms with Crippen molar-refractivity contribution in [3.63, 3.8) is 0 Å². The Bertz CT molecular complexity index is 233. The van der Waals surface area contributed by atoms with Crippen LogP contribution >= 0.6 is 0 Å². The first-order valence-corrected chi connectivity index (χ1v) is 4.84. The van der Waals surface area contributed by atoms with Crippen molar-refractivity contribution in [2.75, 3.05) is 0 Å². The summed E-state index contributed by atoms with van der Waals surface area (Å²) < 4.78 is 0. The van der Waals surface area contributed by atoms with E-state index in [4.69, 9.17) is 9.90 Å². The third-order valence-corrected chi connectivity index (χ3v) is 1.59. The second-order valence-corrected chi connectivity index (χ2v) is 3.06. The summed E-state index contributed by atoms with van der Waals surface area (Å²) in [6.07, 6.45) is 3.78. The van der Waals surface area contributed by atoms with Gasteiger partial charge >= 0.3 is 0 Å². The van der Waals surface area contributed by atoms with Gasteiger partial charge in [0.2, 0.25) is 0 Å². The molecule has 0 fully saturated rings. The summed E-state index contributed by atoms with van der Waals surface area (Å²) in [4.78, 5) is 9.00. The Hall–Kier alpha value is -1.31. The summed E-state index contributed by atoms with van der Waals surface area (Å²) in [5.74, 6) is -0.833. The van der Waals surface area contributed by atoms with Gasteiger partial charge in [-0.2, -0.15) is 0 Å². The van der Waals surface area contributed by atoms with Gasteiger partial charge in [0.25, 0.3) is 5.97 Å². The summed E-state index contributed by atoms with van der Waals surface area (Å²) in [6.45, 7) is 10.2. The molecule has 1 atom stereocenters. The Morgan fingerprint density at radius 1 is 1.60 bits per heavy atom. The number of allylic oxidation sites excluding steroid dienone is 1. The van der Waals surface area contributed by atoms with Gasteiger partial charge in [-0.15, -0.1) is 12.3 Å². The molecule has 0 amide bonds. The maximum absolute atomic E-state index is 9.26. The lowest BCUT2D eigenvalue weighted by Gasteiger charge is -2.07. The number of carboxylic acids is 1. The molecule has 3 nitrogen and oxygen atoms in total. The lowest BCUT2D eigenvalue weighted by Crippen LogP contribution is -2.04. The van der Waals surface area contributed by atoms with Crippen LogP contribution in [0.3, 0.4) is 0 Å². The lowest BCUT2D eigenvalue weighted by molar-refractivity contribution is -0.134. The Labute approximate surface area is 91.4 Å². The van der Waals surface area contributed by atoms with Gasteiger partial charge in [-0.25, -0.2) is 0 Å². The van der Waals surface area contributed by atoms with Gasteiger partial charge in [-0.1, -0.05) is 19.6 Å². The van der Waals surface area contributed by atoms with E-state index in [9.17, 15) is 5.11 Å². The highest BCUT2D eigenvalue weighted by molar-refractivity contribution is 5.62. The van der Waals surface area contributed by atoms with Crippen LogP contribution in [0.1, 0.15) is 33.1 Å². The van der Waals surface area contributed by atoms with E-state index in [1.54, 1.807) is 6.08 Å². The fourth-order valence-electron chi connectivity index (χ4n) is 0.831. The van der Waals surface area contributed by atoms with Gasteiger partial charge in [-0.3, -0.25) is 4.79 Å². The first-order valence-electron chi connectivity index (χ1n) is 4.84. The molecular formula is C12H20O3. The summed E-state index contributed by atoms with van der Waals surface area (Å²) in [5, 5.41) is 16.7. The van der Waals surface area contributed by atoms with E-state index in [2.05, 4.69) is 18.9 Å². The SMILES string of the molecule is C=C=C(CC=C)C[C@H](O)CC.CC(=O)O. The maximum Gasteiger partial charge on any atom is 0.300 e. The number of carbonyl (C=O) groups is 1. The summed E-state index contributed by atoms with van der Waals surface area (Å²) >= 11 is 0. The molecule has 0 unspecified atom stereocenters. The van der Waals surface area contributed by atoms with Crippen LogP contribution in [0.4, 0.5) is 0 Å². The number of aliphatic hydroxyl groups is 1. The molecule has 0 aliphatic rings. The highest BCUT2D eigenvalue weighted by atomic mass is 16.4. The molecule has 0 saturated carbocycles. The largest absolute Gasteiger partial charge is 0.481 e. The van der Waals surface area contributed by atoms with Crippen LogP contribution < -0.4 is 0 Å². The molecule has 0 aromatic rings. The molecule has 0 aliphatic carbocycles. The van der Waals surface area contributed by atoms with Crippen molar-refractivity contribution >= 4 is 5.97 Å². The summed E-state index contributed by atoms with van der Waals surface area (Å²) in [5.41, 5.74) is 3.84. The molecule has 0 aliphatic heterocycles. The molecule has 0 radical (unpaired) electrons. The minimum Gasteiger partial charge on any atom is -0.481 e. The Balaban J connectivity index is 0. The highest BCUT2D eigenvalue weighted by Gasteiger charge is 2.02. The molecular weight excluding hydrogens is 192 g/mol. The van der Waals surface area contributed by atoms with Crippen LogP contribution in [0.15, 0.2) is 30.5 Å². The average Bonchev–Trinajstić information content (AvgIpc) is 2.16. The smallest absolute Gasteiger partial charge is 0.300 e. The van der Waals surface area contributed by atoms with Crippen LogP contribution in [0.25, 0.3) is 0 Å². The average molecular weight is 212 g/mol. The molecule has 0 saturated heterocycles.